The molecule has 26 heavy (non-hydrogen) atoms. The van der Waals surface area contributed by atoms with E-state index in [0.29, 0.717) is 24.3 Å². The maximum Gasteiger partial charge on any atom is 0.275 e. The number of pyridine rings is 1. The van der Waals surface area contributed by atoms with E-state index in [2.05, 4.69) is 10.3 Å². The van der Waals surface area contributed by atoms with Crippen LogP contribution in [-0.4, -0.2) is 36.7 Å². The highest BCUT2D eigenvalue weighted by atomic mass is 35.5. The Morgan fingerprint density at radius 1 is 1.15 bits per heavy atom. The van der Waals surface area contributed by atoms with Crippen molar-refractivity contribution in [3.63, 3.8) is 0 Å². The van der Waals surface area contributed by atoms with Gasteiger partial charge in [-0.3, -0.25) is 4.79 Å². The zero-order valence-electron chi connectivity index (χ0n) is 14.6. The van der Waals surface area contributed by atoms with Crippen molar-refractivity contribution < 1.29 is 13.2 Å². The molecule has 1 aromatic carbocycles. The zero-order chi connectivity index (χ0) is 19.5. The molecule has 1 N–H and O–H groups in total. The first kappa shape index (κ1) is 20.6. The lowest BCUT2D eigenvalue weighted by atomic mass is 10.2. The minimum Gasteiger partial charge on any atom is -0.321 e. The molecule has 1 heterocycles. The second-order valence-electron chi connectivity index (χ2n) is 5.49. The van der Waals surface area contributed by atoms with E-state index in [1.165, 1.54) is 22.5 Å². The quantitative estimate of drug-likeness (QED) is 0.723. The minimum atomic E-state index is -3.65. The Kier molecular flexibility index (Phi) is 6.63. The lowest BCUT2D eigenvalue weighted by Gasteiger charge is -2.20. The number of benzene rings is 1. The molecular weight excluding hydrogens is 397 g/mol. The van der Waals surface area contributed by atoms with Crippen LogP contribution in [0.1, 0.15) is 29.9 Å². The summed E-state index contributed by atoms with van der Waals surface area (Å²) in [5.41, 5.74) is 0.880. The van der Waals surface area contributed by atoms with Gasteiger partial charge in [-0.05, 0) is 36.8 Å². The van der Waals surface area contributed by atoms with Crippen molar-refractivity contribution in [2.45, 2.75) is 25.7 Å². The van der Waals surface area contributed by atoms with Gasteiger partial charge >= 0.3 is 0 Å². The molecule has 0 saturated heterocycles. The topological polar surface area (TPSA) is 79.4 Å². The Morgan fingerprint density at radius 3 is 2.42 bits per heavy atom. The van der Waals surface area contributed by atoms with Gasteiger partial charge in [-0.2, -0.15) is 4.31 Å². The van der Waals surface area contributed by atoms with Crippen molar-refractivity contribution >= 4 is 44.8 Å². The first-order valence-electron chi connectivity index (χ1n) is 7.94. The predicted molar refractivity (Wildman–Crippen MR) is 103 cm³/mol. The van der Waals surface area contributed by atoms with Crippen molar-refractivity contribution in [3.05, 3.63) is 51.8 Å². The molecule has 1 amide bonds. The van der Waals surface area contributed by atoms with Gasteiger partial charge in [0, 0.05) is 18.8 Å². The third-order valence-electron chi connectivity index (χ3n) is 3.80. The molecule has 0 bridgehead atoms. The molecule has 0 fully saturated rings. The summed E-state index contributed by atoms with van der Waals surface area (Å²) in [5.74, 6) is -0.576. The fourth-order valence-electron chi connectivity index (χ4n) is 2.43. The monoisotopic (exact) mass is 415 g/mol. The summed E-state index contributed by atoms with van der Waals surface area (Å²) in [4.78, 5) is 16.5. The summed E-state index contributed by atoms with van der Waals surface area (Å²) in [6.07, 6.45) is 0. The SMILES string of the molecule is CCN(CC)S(=O)(=O)c1cc(NC(=O)c2nc(Cl)ccc2Cl)ccc1C. The maximum absolute atomic E-state index is 12.8. The normalized spacial score (nSPS) is 11.6. The number of carbonyl (C=O) groups excluding carboxylic acids is 1. The van der Waals surface area contributed by atoms with Gasteiger partial charge in [0.05, 0.1) is 9.92 Å². The lowest BCUT2D eigenvalue weighted by Crippen LogP contribution is -2.31. The standard InChI is InChI=1S/C17H19Cl2N3O3S/c1-4-22(5-2)26(24,25)14-10-12(7-6-11(14)3)20-17(23)16-13(18)8-9-15(19)21-16/h6-10H,4-5H2,1-3H3,(H,20,23). The first-order chi connectivity index (χ1) is 12.2. The molecule has 2 aromatic rings. The number of amides is 1. The van der Waals surface area contributed by atoms with E-state index in [-0.39, 0.29) is 20.8 Å². The predicted octanol–water partition coefficient (Wildman–Crippen LogP) is 3.98. The highest BCUT2D eigenvalue weighted by Crippen LogP contribution is 2.25. The number of nitrogens with one attached hydrogen (secondary N) is 1. The Balaban J connectivity index is 2.38. The molecule has 2 rings (SSSR count). The highest BCUT2D eigenvalue weighted by molar-refractivity contribution is 7.89. The summed E-state index contributed by atoms with van der Waals surface area (Å²) in [7, 11) is -3.65. The van der Waals surface area contributed by atoms with Crippen LogP contribution in [0.3, 0.4) is 0 Å². The molecule has 0 radical (unpaired) electrons. The number of carbonyl (C=O) groups is 1. The van der Waals surface area contributed by atoms with Crippen molar-refractivity contribution in [1.82, 2.24) is 9.29 Å². The number of halogens is 2. The molecule has 0 atom stereocenters. The van der Waals surface area contributed by atoms with E-state index in [1.807, 2.05) is 0 Å². The smallest absolute Gasteiger partial charge is 0.275 e. The van der Waals surface area contributed by atoms with Crippen LogP contribution >= 0.6 is 23.2 Å². The third-order valence-corrected chi connectivity index (χ3v) is 6.50. The third kappa shape index (κ3) is 4.35. The molecule has 140 valence electrons. The number of sulfonamides is 1. The summed E-state index contributed by atoms with van der Waals surface area (Å²) in [5, 5.41) is 2.89. The second-order valence-corrected chi connectivity index (χ2v) is 8.19. The molecule has 0 aliphatic carbocycles. The van der Waals surface area contributed by atoms with Crippen molar-refractivity contribution in [3.8, 4) is 0 Å². The van der Waals surface area contributed by atoms with Gasteiger partial charge in [0.1, 0.15) is 10.8 Å². The Morgan fingerprint density at radius 2 is 1.81 bits per heavy atom. The van der Waals surface area contributed by atoms with Crippen LogP contribution in [0.2, 0.25) is 10.2 Å². The number of rotatable bonds is 6. The molecule has 9 heteroatoms. The van der Waals surface area contributed by atoms with Crippen LogP contribution in [0, 0.1) is 6.92 Å². The van der Waals surface area contributed by atoms with Crippen LogP contribution in [0.15, 0.2) is 35.2 Å². The molecular formula is C17H19Cl2N3O3S. The summed E-state index contributed by atoms with van der Waals surface area (Å²) in [6.45, 7) is 5.97. The van der Waals surface area contributed by atoms with Gasteiger partial charge in [-0.1, -0.05) is 43.1 Å². The average Bonchev–Trinajstić information content (AvgIpc) is 2.59. The zero-order valence-corrected chi connectivity index (χ0v) is 16.9. The van der Waals surface area contributed by atoms with Crippen LogP contribution in [-0.2, 0) is 10.0 Å². The number of hydrogen-bond acceptors (Lipinski definition) is 4. The average molecular weight is 416 g/mol. The van der Waals surface area contributed by atoms with E-state index < -0.39 is 15.9 Å². The molecule has 0 spiro atoms. The Hall–Kier alpha value is -1.67. The van der Waals surface area contributed by atoms with Crippen molar-refractivity contribution in [2.75, 3.05) is 18.4 Å². The summed E-state index contributed by atoms with van der Waals surface area (Å²) in [6, 6.07) is 7.63. The van der Waals surface area contributed by atoms with Crippen molar-refractivity contribution in [2.24, 2.45) is 0 Å². The first-order valence-corrected chi connectivity index (χ1v) is 10.1. The van der Waals surface area contributed by atoms with Gasteiger partial charge < -0.3 is 5.32 Å². The fraction of sp³-hybridized carbons (Fsp3) is 0.294. The van der Waals surface area contributed by atoms with E-state index in [1.54, 1.807) is 32.9 Å². The molecule has 6 nitrogen and oxygen atoms in total. The second kappa shape index (κ2) is 8.35. The van der Waals surface area contributed by atoms with Gasteiger partial charge in [0.2, 0.25) is 10.0 Å². The van der Waals surface area contributed by atoms with E-state index in [0.717, 1.165) is 0 Å². The molecule has 0 unspecified atom stereocenters. The van der Waals surface area contributed by atoms with Crippen LogP contribution in [0.4, 0.5) is 5.69 Å². The van der Waals surface area contributed by atoms with Crippen LogP contribution in [0.5, 0.6) is 0 Å². The van der Waals surface area contributed by atoms with E-state index >= 15 is 0 Å². The van der Waals surface area contributed by atoms with E-state index in [9.17, 15) is 13.2 Å². The Labute approximate surface area is 163 Å². The van der Waals surface area contributed by atoms with Gasteiger partial charge in [-0.15, -0.1) is 0 Å². The van der Waals surface area contributed by atoms with Gasteiger partial charge in [-0.25, -0.2) is 13.4 Å². The number of aromatic nitrogens is 1. The number of hydrogen-bond donors (Lipinski definition) is 1. The van der Waals surface area contributed by atoms with Crippen LogP contribution < -0.4 is 5.32 Å². The maximum atomic E-state index is 12.8. The van der Waals surface area contributed by atoms with E-state index in [4.69, 9.17) is 23.2 Å². The summed E-state index contributed by atoms with van der Waals surface area (Å²) < 4.78 is 26.9. The summed E-state index contributed by atoms with van der Waals surface area (Å²) >= 11 is 11.8. The fourth-order valence-corrected chi connectivity index (χ4v) is 4.47. The minimum absolute atomic E-state index is 0.0344. The largest absolute Gasteiger partial charge is 0.321 e. The lowest BCUT2D eigenvalue weighted by molar-refractivity contribution is 0.102. The van der Waals surface area contributed by atoms with Crippen molar-refractivity contribution in [1.29, 1.82) is 0 Å². The number of anilines is 1. The van der Waals surface area contributed by atoms with Crippen LogP contribution in [0.25, 0.3) is 0 Å². The number of nitrogens with zero attached hydrogens (tertiary/aromatic N) is 2. The van der Waals surface area contributed by atoms with Gasteiger partial charge in [0.15, 0.2) is 0 Å². The molecule has 0 aliphatic rings. The van der Waals surface area contributed by atoms with Gasteiger partial charge in [0.25, 0.3) is 5.91 Å². The molecule has 1 aromatic heterocycles. The number of aryl methyl sites for hydroxylation is 1. The molecule has 0 saturated carbocycles. The Bertz CT molecular complexity index is 929. The molecule has 0 aliphatic heterocycles. The highest BCUT2D eigenvalue weighted by Gasteiger charge is 2.24.